The molecular weight excluding hydrogens is 424 g/mol. The Hall–Kier alpha value is -2.44. The van der Waals surface area contributed by atoms with Crippen molar-refractivity contribution >= 4 is 11.4 Å². The van der Waals surface area contributed by atoms with Crippen molar-refractivity contribution in [2.75, 3.05) is 65.6 Å². The second-order valence-electron chi connectivity index (χ2n) is 8.91. The number of likely N-dealkylation sites (N-methyl/N-ethyl adjacent to an activating group) is 2. The topological polar surface area (TPSA) is 43.2 Å². The Morgan fingerprint density at radius 1 is 0.500 bits per heavy atom. The van der Waals surface area contributed by atoms with Gasteiger partial charge in [0.1, 0.15) is 37.8 Å². The fraction of sp³-hybridized carbons (Fsp3) is 0.571. The summed E-state index contributed by atoms with van der Waals surface area (Å²) >= 11 is 0. The van der Waals surface area contributed by atoms with E-state index in [9.17, 15) is 0 Å². The van der Waals surface area contributed by atoms with Gasteiger partial charge >= 0.3 is 0 Å². The normalized spacial score (nSPS) is 12.3. The Balaban J connectivity index is 1.83. The standard InChI is InChI=1S/C28H46N4O2/c1-7-31(8-2,9-3)21-23-33-27-17-13-25(14-18-27)29-30-26-15-19-28(20-16-26)34-24-22-32(10-4,11-5)12-6/h13-20H,7-12,21-24H2,1-6H3/q+2. The molecule has 0 radical (unpaired) electrons. The van der Waals surface area contributed by atoms with Gasteiger partial charge in [-0.3, -0.25) is 0 Å². The Morgan fingerprint density at radius 2 is 0.794 bits per heavy atom. The summed E-state index contributed by atoms with van der Waals surface area (Å²) in [6.07, 6.45) is 0. The lowest BCUT2D eigenvalue weighted by atomic mass is 10.3. The van der Waals surface area contributed by atoms with Gasteiger partial charge in [0.15, 0.2) is 0 Å². The SMILES string of the molecule is CC[N+](CC)(CC)CCOc1ccc(N=Nc2ccc(OCC[N+](CC)(CC)CC)cc2)cc1. The van der Waals surface area contributed by atoms with Crippen LogP contribution in [0.2, 0.25) is 0 Å². The van der Waals surface area contributed by atoms with Crippen LogP contribution in [-0.4, -0.2) is 74.5 Å². The molecule has 0 heterocycles. The number of benzene rings is 2. The van der Waals surface area contributed by atoms with Crippen LogP contribution in [0.5, 0.6) is 11.5 Å². The number of nitrogens with zero attached hydrogens (tertiary/aromatic N) is 4. The number of quaternary nitrogens is 2. The molecule has 2 rings (SSSR count). The molecule has 6 heteroatoms. The van der Waals surface area contributed by atoms with Crippen LogP contribution in [0, 0.1) is 0 Å². The van der Waals surface area contributed by atoms with Gasteiger partial charge in [-0.05, 0) is 90.1 Å². The first kappa shape index (κ1) is 27.8. The van der Waals surface area contributed by atoms with Gasteiger partial charge in [0.2, 0.25) is 0 Å². The van der Waals surface area contributed by atoms with Crippen LogP contribution in [0.3, 0.4) is 0 Å². The second kappa shape index (κ2) is 14.1. The molecule has 34 heavy (non-hydrogen) atoms. The molecule has 0 spiro atoms. The lowest BCUT2D eigenvalue weighted by Crippen LogP contribution is -2.49. The number of rotatable bonds is 16. The summed E-state index contributed by atoms with van der Waals surface area (Å²) in [5.41, 5.74) is 1.61. The van der Waals surface area contributed by atoms with Gasteiger partial charge < -0.3 is 18.4 Å². The maximum Gasteiger partial charge on any atom is 0.137 e. The van der Waals surface area contributed by atoms with Crippen molar-refractivity contribution in [1.82, 2.24) is 0 Å². The number of hydrogen-bond acceptors (Lipinski definition) is 4. The van der Waals surface area contributed by atoms with Gasteiger partial charge in [-0.15, -0.1) is 0 Å². The smallest absolute Gasteiger partial charge is 0.137 e. The molecule has 6 nitrogen and oxygen atoms in total. The Bertz CT molecular complexity index is 754. The molecule has 2 aromatic rings. The van der Waals surface area contributed by atoms with E-state index in [-0.39, 0.29) is 0 Å². The highest BCUT2D eigenvalue weighted by Gasteiger charge is 2.21. The molecule has 2 aromatic carbocycles. The summed E-state index contributed by atoms with van der Waals surface area (Å²) in [5.74, 6) is 1.75. The van der Waals surface area contributed by atoms with Gasteiger partial charge in [0, 0.05) is 0 Å². The van der Waals surface area contributed by atoms with Crippen LogP contribution >= 0.6 is 0 Å². The third-order valence-corrected chi connectivity index (χ3v) is 7.65. The van der Waals surface area contributed by atoms with E-state index in [1.165, 1.54) is 0 Å². The zero-order chi connectivity index (χ0) is 24.9. The first-order valence-corrected chi connectivity index (χ1v) is 13.0. The Labute approximate surface area is 207 Å². The summed E-state index contributed by atoms with van der Waals surface area (Å²) in [6, 6.07) is 15.6. The number of azo groups is 1. The quantitative estimate of drug-likeness (QED) is 0.205. The molecular formula is C28H46N4O2+2. The monoisotopic (exact) mass is 470 g/mol. The molecule has 0 bridgehead atoms. The highest BCUT2D eigenvalue weighted by atomic mass is 16.5. The maximum absolute atomic E-state index is 5.97. The lowest BCUT2D eigenvalue weighted by molar-refractivity contribution is -0.923. The molecule has 0 aliphatic heterocycles. The van der Waals surface area contributed by atoms with E-state index in [4.69, 9.17) is 9.47 Å². The fourth-order valence-corrected chi connectivity index (χ4v) is 4.34. The van der Waals surface area contributed by atoms with Crippen LogP contribution in [0.25, 0.3) is 0 Å². The van der Waals surface area contributed by atoms with Crippen LogP contribution < -0.4 is 9.47 Å². The molecule has 0 fully saturated rings. The van der Waals surface area contributed by atoms with Crippen molar-refractivity contribution in [3.05, 3.63) is 48.5 Å². The molecule has 0 aliphatic carbocycles. The Kier molecular flexibility index (Phi) is 11.5. The lowest BCUT2D eigenvalue weighted by Gasteiger charge is -2.35. The molecule has 0 N–H and O–H groups in total. The van der Waals surface area contributed by atoms with Crippen LogP contribution in [0.4, 0.5) is 11.4 Å². The fourth-order valence-electron chi connectivity index (χ4n) is 4.34. The molecule has 0 saturated heterocycles. The summed E-state index contributed by atoms with van der Waals surface area (Å²) in [6.45, 7) is 23.9. The van der Waals surface area contributed by atoms with Gasteiger partial charge in [-0.25, -0.2) is 0 Å². The van der Waals surface area contributed by atoms with E-state index in [2.05, 4.69) is 51.8 Å². The highest BCUT2D eigenvalue weighted by molar-refractivity contribution is 5.44. The van der Waals surface area contributed by atoms with E-state index in [0.29, 0.717) is 0 Å². The van der Waals surface area contributed by atoms with Crippen molar-refractivity contribution in [3.8, 4) is 11.5 Å². The largest absolute Gasteiger partial charge is 0.488 e. The Morgan fingerprint density at radius 3 is 1.06 bits per heavy atom. The van der Waals surface area contributed by atoms with Crippen molar-refractivity contribution in [3.63, 3.8) is 0 Å². The second-order valence-corrected chi connectivity index (χ2v) is 8.91. The zero-order valence-corrected chi connectivity index (χ0v) is 22.3. The molecule has 0 aliphatic rings. The van der Waals surface area contributed by atoms with E-state index in [0.717, 1.165) is 97.4 Å². The molecule has 0 atom stereocenters. The van der Waals surface area contributed by atoms with Crippen molar-refractivity contribution in [1.29, 1.82) is 0 Å². The van der Waals surface area contributed by atoms with Crippen LogP contribution in [0.15, 0.2) is 58.8 Å². The number of hydrogen-bond donors (Lipinski definition) is 0. The highest BCUT2D eigenvalue weighted by Crippen LogP contribution is 2.23. The minimum absolute atomic E-state index is 0.722. The third-order valence-electron chi connectivity index (χ3n) is 7.65. The third kappa shape index (κ3) is 8.10. The first-order chi connectivity index (χ1) is 16.5. The summed E-state index contributed by atoms with van der Waals surface area (Å²) in [7, 11) is 0. The maximum atomic E-state index is 5.97. The first-order valence-electron chi connectivity index (χ1n) is 13.0. The average Bonchev–Trinajstić information content (AvgIpc) is 2.90. The summed E-state index contributed by atoms with van der Waals surface area (Å²) < 4.78 is 14.1. The minimum atomic E-state index is 0.722. The van der Waals surface area contributed by atoms with Crippen LogP contribution in [0.1, 0.15) is 41.5 Å². The van der Waals surface area contributed by atoms with Crippen molar-refractivity contribution in [2.24, 2.45) is 10.2 Å². The van der Waals surface area contributed by atoms with Gasteiger partial charge in [0.25, 0.3) is 0 Å². The van der Waals surface area contributed by atoms with Crippen LogP contribution in [-0.2, 0) is 0 Å². The van der Waals surface area contributed by atoms with Crippen molar-refractivity contribution < 1.29 is 18.4 Å². The summed E-state index contributed by atoms with van der Waals surface area (Å²) in [5, 5.41) is 8.71. The van der Waals surface area contributed by atoms with Crippen molar-refractivity contribution in [2.45, 2.75) is 41.5 Å². The van der Waals surface area contributed by atoms with E-state index in [1.54, 1.807) is 0 Å². The molecule has 0 amide bonds. The zero-order valence-electron chi connectivity index (χ0n) is 22.3. The molecule has 0 aromatic heterocycles. The molecule has 0 saturated carbocycles. The molecule has 188 valence electrons. The predicted molar refractivity (Wildman–Crippen MR) is 142 cm³/mol. The van der Waals surface area contributed by atoms with E-state index >= 15 is 0 Å². The summed E-state index contributed by atoms with van der Waals surface area (Å²) in [4.78, 5) is 0. The molecule has 0 unspecified atom stereocenters. The van der Waals surface area contributed by atoms with E-state index < -0.39 is 0 Å². The number of ether oxygens (including phenoxy) is 2. The van der Waals surface area contributed by atoms with E-state index in [1.807, 2.05) is 48.5 Å². The van der Waals surface area contributed by atoms with Gasteiger partial charge in [-0.2, -0.15) is 10.2 Å². The average molecular weight is 471 g/mol. The predicted octanol–water partition coefficient (Wildman–Crippen LogP) is 6.61. The minimum Gasteiger partial charge on any atom is -0.488 e. The van der Waals surface area contributed by atoms with Gasteiger partial charge in [0.05, 0.1) is 50.6 Å². The van der Waals surface area contributed by atoms with Gasteiger partial charge in [-0.1, -0.05) is 0 Å².